The van der Waals surface area contributed by atoms with Gasteiger partial charge in [0.25, 0.3) is 0 Å². The second-order valence-electron chi connectivity index (χ2n) is 6.36. The van der Waals surface area contributed by atoms with Crippen LogP contribution < -0.4 is 14.2 Å². The van der Waals surface area contributed by atoms with Crippen LogP contribution in [0.3, 0.4) is 0 Å². The summed E-state index contributed by atoms with van der Waals surface area (Å²) in [6, 6.07) is 12.9. The molecule has 29 heavy (non-hydrogen) atoms. The molecule has 0 amide bonds. The minimum absolute atomic E-state index is 0.0534. The minimum Gasteiger partial charge on any atom is -0.497 e. The monoisotopic (exact) mass is 471 g/mol. The Bertz CT molecular complexity index is 1090. The van der Waals surface area contributed by atoms with Crippen molar-refractivity contribution >= 4 is 38.6 Å². The van der Waals surface area contributed by atoms with Crippen molar-refractivity contribution in [2.75, 3.05) is 20.3 Å². The van der Waals surface area contributed by atoms with E-state index in [0.717, 1.165) is 33.2 Å². The number of hydrogen-bond donors (Lipinski definition) is 0. The lowest BCUT2D eigenvalue weighted by atomic mass is 10.0. The third-order valence-corrected chi connectivity index (χ3v) is 6.10. The van der Waals surface area contributed by atoms with E-state index < -0.39 is 0 Å². The molecule has 1 aliphatic rings. The molecule has 0 N–H and O–H groups in total. The Morgan fingerprint density at radius 2 is 1.62 bits per heavy atom. The van der Waals surface area contributed by atoms with Gasteiger partial charge in [0.1, 0.15) is 30.5 Å². The van der Waals surface area contributed by atoms with Crippen molar-refractivity contribution in [1.82, 2.24) is 4.98 Å². The molecule has 5 nitrogen and oxygen atoms in total. The fourth-order valence-electron chi connectivity index (χ4n) is 3.14. The second kappa shape index (κ2) is 8.39. The van der Waals surface area contributed by atoms with Crippen LogP contribution in [0.4, 0.5) is 0 Å². The number of ketones is 1. The smallest absolute Gasteiger partial charge is 0.201 e. The molecule has 1 aromatic heterocycles. The van der Waals surface area contributed by atoms with Crippen LogP contribution in [0.1, 0.15) is 26.5 Å². The highest BCUT2D eigenvalue weighted by atomic mass is 79.9. The molecule has 2 aromatic carbocycles. The average Bonchev–Trinajstić information content (AvgIpc) is 3.26. The Morgan fingerprint density at radius 1 is 0.966 bits per heavy atom. The third-order valence-electron chi connectivity index (χ3n) is 4.59. The van der Waals surface area contributed by atoms with Crippen molar-refractivity contribution in [1.29, 1.82) is 0 Å². The molecule has 0 radical (unpaired) electrons. The number of aryl methyl sites for hydroxylation is 1. The van der Waals surface area contributed by atoms with E-state index in [2.05, 4.69) is 20.9 Å². The highest BCUT2D eigenvalue weighted by Gasteiger charge is 2.31. The van der Waals surface area contributed by atoms with E-state index >= 15 is 0 Å². The zero-order valence-electron chi connectivity index (χ0n) is 15.9. The summed E-state index contributed by atoms with van der Waals surface area (Å²) in [5, 5.41) is 0. The Morgan fingerprint density at radius 3 is 2.28 bits per heavy atom. The van der Waals surface area contributed by atoms with Crippen molar-refractivity contribution in [2.24, 2.45) is 0 Å². The van der Waals surface area contributed by atoms with Crippen LogP contribution in [0.15, 0.2) is 52.5 Å². The summed E-state index contributed by atoms with van der Waals surface area (Å²) < 4.78 is 17.1. The molecule has 0 unspecified atom stereocenters. The van der Waals surface area contributed by atoms with Gasteiger partial charge in [0.15, 0.2) is 0 Å². The van der Waals surface area contributed by atoms with Crippen molar-refractivity contribution in [3.8, 4) is 17.2 Å². The molecule has 0 saturated carbocycles. The molecule has 0 atom stereocenters. The van der Waals surface area contributed by atoms with Gasteiger partial charge in [-0.3, -0.25) is 4.79 Å². The van der Waals surface area contributed by atoms with Gasteiger partial charge >= 0.3 is 0 Å². The topological polar surface area (TPSA) is 57.7 Å². The second-order valence-corrected chi connectivity index (χ2v) is 8.21. The SMILES string of the molecule is COc1ccc(OCCOc2ccc3c(c2)C(=O)C(Br)=C3c2ncsc2C)cc1. The first-order valence-corrected chi connectivity index (χ1v) is 10.6. The largest absolute Gasteiger partial charge is 0.497 e. The Balaban J connectivity index is 1.42. The van der Waals surface area contributed by atoms with Crippen LogP contribution in [-0.4, -0.2) is 31.1 Å². The molecule has 148 valence electrons. The fraction of sp³-hybridized carbons (Fsp3) is 0.182. The third kappa shape index (κ3) is 3.93. The number of rotatable bonds is 7. The number of Topliss-reactive ketones (excluding diaryl/α,β-unsaturated/α-hetero) is 1. The molecule has 0 fully saturated rings. The number of carbonyl (C=O) groups is 1. The molecule has 0 aliphatic heterocycles. The van der Waals surface area contributed by atoms with Crippen LogP contribution in [0.5, 0.6) is 17.2 Å². The van der Waals surface area contributed by atoms with E-state index in [4.69, 9.17) is 14.2 Å². The predicted molar refractivity (Wildman–Crippen MR) is 117 cm³/mol. The van der Waals surface area contributed by atoms with Crippen molar-refractivity contribution in [3.63, 3.8) is 0 Å². The number of benzene rings is 2. The van der Waals surface area contributed by atoms with Crippen LogP contribution in [0.2, 0.25) is 0 Å². The zero-order valence-corrected chi connectivity index (χ0v) is 18.3. The van der Waals surface area contributed by atoms with Gasteiger partial charge in [0.2, 0.25) is 5.78 Å². The first-order valence-electron chi connectivity index (χ1n) is 8.97. The molecular formula is C22H18BrNO4S. The van der Waals surface area contributed by atoms with E-state index in [1.54, 1.807) is 30.0 Å². The number of allylic oxidation sites excluding steroid dienone is 1. The first kappa shape index (κ1) is 19.7. The summed E-state index contributed by atoms with van der Waals surface area (Å²) in [5.41, 5.74) is 4.97. The normalized spacial score (nSPS) is 12.9. The number of thiazole rings is 1. The molecule has 7 heteroatoms. The Hall–Kier alpha value is -2.64. The van der Waals surface area contributed by atoms with Gasteiger partial charge in [-0.15, -0.1) is 11.3 Å². The highest BCUT2D eigenvalue weighted by molar-refractivity contribution is 9.12. The van der Waals surface area contributed by atoms with Crippen molar-refractivity contribution in [3.05, 3.63) is 74.2 Å². The predicted octanol–water partition coefficient (Wildman–Crippen LogP) is 5.27. The standard InChI is InChI=1S/C22H18BrNO4S/c1-13-21(24-12-29-13)19-17-8-7-16(11-18(17)22(25)20(19)23)28-10-9-27-15-5-3-14(26-2)4-6-15/h3-8,11-12H,9-10H2,1-2H3. The quantitative estimate of drug-likeness (QED) is 0.439. The van der Waals surface area contributed by atoms with Gasteiger partial charge in [-0.25, -0.2) is 4.98 Å². The van der Waals surface area contributed by atoms with Crippen LogP contribution in [0, 0.1) is 6.92 Å². The van der Waals surface area contributed by atoms with Gasteiger partial charge in [0.05, 0.1) is 22.8 Å². The molecule has 1 aliphatic carbocycles. The van der Waals surface area contributed by atoms with E-state index in [-0.39, 0.29) is 5.78 Å². The van der Waals surface area contributed by atoms with Crippen LogP contribution in [0.25, 0.3) is 5.57 Å². The number of methoxy groups -OCH3 is 1. The molecule has 0 bridgehead atoms. The minimum atomic E-state index is -0.0534. The summed E-state index contributed by atoms with van der Waals surface area (Å²) in [5.74, 6) is 2.10. The van der Waals surface area contributed by atoms with Gasteiger partial charge < -0.3 is 14.2 Å². The summed E-state index contributed by atoms with van der Waals surface area (Å²) in [6.45, 7) is 2.76. The number of halogens is 1. The van der Waals surface area contributed by atoms with E-state index in [9.17, 15) is 4.79 Å². The summed E-state index contributed by atoms with van der Waals surface area (Å²) in [4.78, 5) is 18.2. The number of carbonyl (C=O) groups excluding carboxylic acids is 1. The fourth-order valence-corrected chi connectivity index (χ4v) is 4.33. The van der Waals surface area contributed by atoms with E-state index in [0.29, 0.717) is 29.0 Å². The molecular weight excluding hydrogens is 454 g/mol. The average molecular weight is 472 g/mol. The van der Waals surface area contributed by atoms with Crippen molar-refractivity contribution < 1.29 is 19.0 Å². The highest BCUT2D eigenvalue weighted by Crippen LogP contribution is 2.42. The molecule has 4 rings (SSSR count). The maximum Gasteiger partial charge on any atom is 0.201 e. The van der Waals surface area contributed by atoms with Crippen LogP contribution in [-0.2, 0) is 0 Å². The van der Waals surface area contributed by atoms with E-state index in [1.807, 2.05) is 43.3 Å². The molecule has 0 spiro atoms. The maximum absolute atomic E-state index is 12.7. The van der Waals surface area contributed by atoms with E-state index in [1.165, 1.54) is 0 Å². The number of nitrogens with zero attached hydrogens (tertiary/aromatic N) is 1. The van der Waals surface area contributed by atoms with Crippen molar-refractivity contribution in [2.45, 2.75) is 6.92 Å². The molecule has 0 saturated heterocycles. The lowest BCUT2D eigenvalue weighted by Crippen LogP contribution is -2.09. The summed E-state index contributed by atoms with van der Waals surface area (Å²) in [6.07, 6.45) is 0. The number of aromatic nitrogens is 1. The number of fused-ring (bicyclic) bond motifs is 1. The zero-order chi connectivity index (χ0) is 20.4. The van der Waals surface area contributed by atoms with Crippen LogP contribution >= 0.6 is 27.3 Å². The van der Waals surface area contributed by atoms with Gasteiger partial charge in [-0.2, -0.15) is 0 Å². The summed E-state index contributed by atoms with van der Waals surface area (Å²) >= 11 is 5.02. The van der Waals surface area contributed by atoms with Gasteiger partial charge in [0, 0.05) is 16.0 Å². The lowest BCUT2D eigenvalue weighted by Gasteiger charge is -2.10. The molecule has 3 aromatic rings. The number of hydrogen-bond acceptors (Lipinski definition) is 6. The summed E-state index contributed by atoms with van der Waals surface area (Å²) in [7, 11) is 1.63. The first-order chi connectivity index (χ1) is 14.1. The lowest BCUT2D eigenvalue weighted by molar-refractivity contribution is 0.104. The maximum atomic E-state index is 12.7. The Labute approximate surface area is 181 Å². The van der Waals surface area contributed by atoms with Gasteiger partial charge in [-0.05, 0) is 70.9 Å². The molecule has 1 heterocycles. The van der Waals surface area contributed by atoms with Gasteiger partial charge in [-0.1, -0.05) is 0 Å². The Kier molecular flexibility index (Phi) is 5.69. The number of ether oxygens (including phenoxy) is 3.